The lowest BCUT2D eigenvalue weighted by molar-refractivity contribution is 0.670. The molecule has 10 aromatic carbocycles. The van der Waals surface area contributed by atoms with Gasteiger partial charge in [-0.05, 0) is 91.3 Å². The van der Waals surface area contributed by atoms with Crippen molar-refractivity contribution in [2.75, 3.05) is 4.90 Å². The molecule has 0 bridgehead atoms. The molecule has 0 saturated heterocycles. The molecule has 0 radical (unpaired) electrons. The summed E-state index contributed by atoms with van der Waals surface area (Å²) >= 11 is 0. The molecule has 0 N–H and O–H groups in total. The van der Waals surface area contributed by atoms with Crippen molar-refractivity contribution in [3.05, 3.63) is 224 Å². The summed E-state index contributed by atoms with van der Waals surface area (Å²) in [7, 11) is 0. The Balaban J connectivity index is 1.20. The van der Waals surface area contributed by atoms with Crippen LogP contribution in [0.15, 0.2) is 229 Å². The lowest BCUT2D eigenvalue weighted by Crippen LogP contribution is -2.12. The molecule has 1 heterocycles. The first-order valence-corrected chi connectivity index (χ1v) is 19.8. The van der Waals surface area contributed by atoms with E-state index in [1.54, 1.807) is 0 Å². The van der Waals surface area contributed by atoms with E-state index in [1.807, 2.05) is 0 Å². The fourth-order valence-electron chi connectivity index (χ4n) is 8.63. The van der Waals surface area contributed by atoms with Crippen molar-refractivity contribution >= 4 is 60.5 Å². The van der Waals surface area contributed by atoms with Crippen molar-refractivity contribution in [1.82, 2.24) is 0 Å². The van der Waals surface area contributed by atoms with Crippen molar-refractivity contribution in [1.29, 1.82) is 0 Å². The quantitative estimate of drug-likeness (QED) is 0.151. The average Bonchev–Trinajstić information content (AvgIpc) is 3.70. The highest BCUT2D eigenvalue weighted by Gasteiger charge is 2.25. The maximum absolute atomic E-state index is 6.92. The van der Waals surface area contributed by atoms with Gasteiger partial charge in [-0.25, -0.2) is 0 Å². The SMILES string of the molecule is c1ccc(-c2ccc(-c3ccc(N(c4ccc5c(ccc6ccccc65)c4)c4cc(-c5ccccc5)ccc4-c4ccccc4)c4c3oc3ccccc34)cc2)cc1. The molecule has 1 aromatic heterocycles. The average molecular weight is 740 g/mol. The second-order valence-corrected chi connectivity index (χ2v) is 14.9. The van der Waals surface area contributed by atoms with E-state index in [1.165, 1.54) is 38.2 Å². The van der Waals surface area contributed by atoms with Gasteiger partial charge >= 0.3 is 0 Å². The lowest BCUT2D eigenvalue weighted by atomic mass is 9.95. The molecule has 11 aromatic rings. The minimum absolute atomic E-state index is 0.860. The Morgan fingerprint density at radius 3 is 1.60 bits per heavy atom. The first kappa shape index (κ1) is 33.6. The van der Waals surface area contributed by atoms with Crippen LogP contribution >= 0.6 is 0 Å². The molecule has 2 nitrogen and oxygen atoms in total. The van der Waals surface area contributed by atoms with Crippen molar-refractivity contribution in [3.63, 3.8) is 0 Å². The predicted molar refractivity (Wildman–Crippen MR) is 245 cm³/mol. The van der Waals surface area contributed by atoms with Gasteiger partial charge in [-0.1, -0.05) is 188 Å². The molecular formula is C56H37NO. The molecule has 0 aliphatic heterocycles. The Kier molecular flexibility index (Phi) is 8.19. The molecule has 0 spiro atoms. The van der Waals surface area contributed by atoms with Crippen LogP contribution in [-0.4, -0.2) is 0 Å². The van der Waals surface area contributed by atoms with Crippen molar-refractivity contribution in [2.45, 2.75) is 0 Å². The number of hydrogen-bond donors (Lipinski definition) is 0. The third kappa shape index (κ3) is 5.82. The number of fused-ring (bicyclic) bond motifs is 6. The molecule has 272 valence electrons. The van der Waals surface area contributed by atoms with Crippen LogP contribution in [0.2, 0.25) is 0 Å². The maximum atomic E-state index is 6.92. The van der Waals surface area contributed by atoms with Gasteiger partial charge in [0.15, 0.2) is 0 Å². The molecule has 0 atom stereocenters. The highest BCUT2D eigenvalue weighted by Crippen LogP contribution is 2.49. The van der Waals surface area contributed by atoms with Crippen LogP contribution < -0.4 is 4.90 Å². The van der Waals surface area contributed by atoms with E-state index < -0.39 is 0 Å². The van der Waals surface area contributed by atoms with Crippen LogP contribution in [0, 0.1) is 0 Å². The van der Waals surface area contributed by atoms with Gasteiger partial charge < -0.3 is 9.32 Å². The van der Waals surface area contributed by atoms with Crippen LogP contribution in [0.1, 0.15) is 0 Å². The van der Waals surface area contributed by atoms with Crippen molar-refractivity contribution in [2.24, 2.45) is 0 Å². The van der Waals surface area contributed by atoms with E-state index in [0.29, 0.717) is 0 Å². The third-order valence-corrected chi connectivity index (χ3v) is 11.5. The van der Waals surface area contributed by atoms with E-state index in [2.05, 4.69) is 229 Å². The predicted octanol–water partition coefficient (Wildman–Crippen LogP) is 16.0. The van der Waals surface area contributed by atoms with Crippen molar-refractivity contribution < 1.29 is 4.42 Å². The maximum Gasteiger partial charge on any atom is 0.145 e. The fraction of sp³-hybridized carbons (Fsp3) is 0. The molecule has 0 unspecified atom stereocenters. The summed E-state index contributed by atoms with van der Waals surface area (Å²) in [5.74, 6) is 0. The monoisotopic (exact) mass is 739 g/mol. The Hall–Kier alpha value is -7.68. The molecule has 0 aliphatic rings. The summed E-state index contributed by atoms with van der Waals surface area (Å²) in [6, 6.07) is 80.7. The summed E-state index contributed by atoms with van der Waals surface area (Å²) < 4.78 is 6.92. The van der Waals surface area contributed by atoms with E-state index in [9.17, 15) is 0 Å². The Morgan fingerprint density at radius 1 is 0.310 bits per heavy atom. The zero-order valence-electron chi connectivity index (χ0n) is 31.7. The normalized spacial score (nSPS) is 11.4. The number of furan rings is 1. The highest BCUT2D eigenvalue weighted by atomic mass is 16.3. The number of para-hydroxylation sites is 1. The molecule has 58 heavy (non-hydrogen) atoms. The standard InChI is InChI=1S/C56H37NO/c1-4-14-38(15-5-1)40-24-26-43(27-25-40)50-34-35-52(55-51-22-12-13-23-54(51)58-56(50)55)57(46-31-33-48-45(36-46)29-28-42-20-10-11-21-47(42)48)53-37-44(39-16-6-2-7-17-39)30-32-49(53)41-18-8-3-9-19-41/h1-37H. The first-order chi connectivity index (χ1) is 28.8. The fourth-order valence-corrected chi connectivity index (χ4v) is 8.63. The van der Waals surface area contributed by atoms with Crippen LogP contribution in [0.5, 0.6) is 0 Å². The second-order valence-electron chi connectivity index (χ2n) is 14.9. The zero-order valence-corrected chi connectivity index (χ0v) is 31.7. The third-order valence-electron chi connectivity index (χ3n) is 11.5. The summed E-state index contributed by atoms with van der Waals surface area (Å²) in [6.45, 7) is 0. The van der Waals surface area contributed by atoms with Crippen LogP contribution in [-0.2, 0) is 0 Å². The number of anilines is 3. The first-order valence-electron chi connectivity index (χ1n) is 19.8. The minimum atomic E-state index is 0.860. The second kappa shape index (κ2) is 14.1. The summed E-state index contributed by atoms with van der Waals surface area (Å²) in [5, 5.41) is 7.05. The molecular weight excluding hydrogens is 703 g/mol. The number of hydrogen-bond acceptors (Lipinski definition) is 2. The number of rotatable bonds is 7. The molecule has 0 saturated carbocycles. The van der Waals surface area contributed by atoms with Gasteiger partial charge in [0.2, 0.25) is 0 Å². The molecule has 0 fully saturated rings. The van der Waals surface area contributed by atoms with E-state index in [-0.39, 0.29) is 0 Å². The Morgan fingerprint density at radius 2 is 0.845 bits per heavy atom. The summed E-state index contributed by atoms with van der Waals surface area (Å²) in [4.78, 5) is 2.45. The van der Waals surface area contributed by atoms with Crippen LogP contribution in [0.3, 0.4) is 0 Å². The van der Waals surface area contributed by atoms with Gasteiger partial charge in [0, 0.05) is 22.2 Å². The lowest BCUT2D eigenvalue weighted by Gasteiger charge is -2.30. The summed E-state index contributed by atoms with van der Waals surface area (Å²) in [5.41, 5.74) is 14.1. The van der Waals surface area contributed by atoms with E-state index in [4.69, 9.17) is 4.42 Å². The van der Waals surface area contributed by atoms with Gasteiger partial charge in [-0.15, -0.1) is 0 Å². The van der Waals surface area contributed by atoms with Gasteiger partial charge in [-0.3, -0.25) is 0 Å². The summed E-state index contributed by atoms with van der Waals surface area (Å²) in [6.07, 6.45) is 0. The molecule has 2 heteroatoms. The van der Waals surface area contributed by atoms with Gasteiger partial charge in [-0.2, -0.15) is 0 Å². The van der Waals surface area contributed by atoms with Crippen molar-refractivity contribution in [3.8, 4) is 44.5 Å². The molecule has 0 aliphatic carbocycles. The number of nitrogens with zero attached hydrogens (tertiary/aromatic N) is 1. The van der Waals surface area contributed by atoms with Crippen LogP contribution in [0.4, 0.5) is 17.1 Å². The van der Waals surface area contributed by atoms with Gasteiger partial charge in [0.05, 0.1) is 16.8 Å². The Labute approximate surface area is 337 Å². The van der Waals surface area contributed by atoms with Gasteiger partial charge in [0.25, 0.3) is 0 Å². The number of benzene rings is 10. The van der Waals surface area contributed by atoms with E-state index in [0.717, 1.165) is 66.8 Å². The zero-order chi connectivity index (χ0) is 38.4. The molecule has 11 rings (SSSR count). The minimum Gasteiger partial charge on any atom is -0.455 e. The molecule has 0 amide bonds. The highest BCUT2D eigenvalue weighted by molar-refractivity contribution is 6.18. The van der Waals surface area contributed by atoms with Gasteiger partial charge in [0.1, 0.15) is 11.2 Å². The largest absolute Gasteiger partial charge is 0.455 e. The Bertz CT molecular complexity index is 3260. The smallest absolute Gasteiger partial charge is 0.145 e. The van der Waals surface area contributed by atoms with Crippen LogP contribution in [0.25, 0.3) is 88.0 Å². The topological polar surface area (TPSA) is 16.4 Å². The van der Waals surface area contributed by atoms with E-state index >= 15 is 0 Å².